The predicted molar refractivity (Wildman–Crippen MR) is 140 cm³/mol. The second-order valence-electron chi connectivity index (χ2n) is 8.90. The lowest BCUT2D eigenvalue weighted by Gasteiger charge is -2.41. The van der Waals surface area contributed by atoms with Gasteiger partial charge in [0.2, 0.25) is 5.96 Å². The van der Waals surface area contributed by atoms with Gasteiger partial charge in [-0.25, -0.2) is 4.99 Å². The van der Waals surface area contributed by atoms with Gasteiger partial charge in [-0.2, -0.15) is 5.26 Å². The van der Waals surface area contributed by atoms with Crippen LogP contribution in [0.1, 0.15) is 31.0 Å². The molecular formula is C26H24ClN5O2S. The third-order valence-electron chi connectivity index (χ3n) is 6.01. The topological polar surface area (TPSA) is 92.9 Å². The highest BCUT2D eigenvalue weighted by Crippen LogP contribution is 2.48. The maximum absolute atomic E-state index is 11.2. The van der Waals surface area contributed by atoms with Crippen LogP contribution in [0.3, 0.4) is 0 Å². The zero-order valence-electron chi connectivity index (χ0n) is 19.2. The summed E-state index contributed by atoms with van der Waals surface area (Å²) >= 11 is 7.64. The molecule has 0 saturated heterocycles. The maximum atomic E-state index is 11.2. The summed E-state index contributed by atoms with van der Waals surface area (Å²) in [5, 5.41) is 26.9. The zero-order valence-corrected chi connectivity index (χ0v) is 20.8. The summed E-state index contributed by atoms with van der Waals surface area (Å²) in [5.74, 6) is 0.910. The molecular weight excluding hydrogens is 482 g/mol. The van der Waals surface area contributed by atoms with Gasteiger partial charge in [0.05, 0.1) is 6.54 Å². The van der Waals surface area contributed by atoms with E-state index in [1.165, 1.54) is 0 Å². The van der Waals surface area contributed by atoms with Crippen LogP contribution in [0.5, 0.6) is 5.75 Å². The van der Waals surface area contributed by atoms with Gasteiger partial charge in [-0.3, -0.25) is 5.32 Å². The largest absolute Gasteiger partial charge is 0.485 e. The number of aliphatic imine (C=N–C) groups is 1. The summed E-state index contributed by atoms with van der Waals surface area (Å²) in [6.45, 7) is 4.42. The Morgan fingerprint density at radius 3 is 2.66 bits per heavy atom. The van der Waals surface area contributed by atoms with E-state index in [9.17, 15) is 10.4 Å². The minimum Gasteiger partial charge on any atom is -0.485 e. The number of nitrogens with zero attached hydrogens (tertiary/aromatic N) is 3. The lowest BCUT2D eigenvalue weighted by molar-refractivity contribution is -0.0568. The van der Waals surface area contributed by atoms with Crippen molar-refractivity contribution in [1.82, 2.24) is 5.32 Å². The standard InChI is InChI=1S/C26H24ClN5O2S/c1-26(2)24(33)23(31-25(29-15-28)30-18-10-8-17(27)9-11-18)20-13-22-16(12-21(20)34-26)14-32(35-22)19-6-4-3-5-7-19/h3-13,23-24,33H,14H2,1-2H3,(H2,29,30,31)/t23-,24+/m1/s1. The average Bonchev–Trinajstić information content (AvgIpc) is 3.26. The normalized spacial score (nSPS) is 20.3. The van der Waals surface area contributed by atoms with E-state index in [2.05, 4.69) is 27.1 Å². The van der Waals surface area contributed by atoms with Crippen molar-refractivity contribution in [2.24, 2.45) is 4.99 Å². The third kappa shape index (κ3) is 4.76. The molecule has 2 aliphatic rings. The number of fused-ring (bicyclic) bond motifs is 2. The van der Waals surface area contributed by atoms with Crippen molar-refractivity contribution in [2.45, 2.75) is 43.0 Å². The van der Waals surface area contributed by atoms with Crippen LogP contribution in [-0.4, -0.2) is 22.8 Å². The van der Waals surface area contributed by atoms with E-state index in [0.29, 0.717) is 16.5 Å². The number of ether oxygens (including phenoxy) is 1. The Morgan fingerprint density at radius 1 is 1.20 bits per heavy atom. The van der Waals surface area contributed by atoms with Gasteiger partial charge in [0.25, 0.3) is 0 Å². The molecule has 178 valence electrons. The van der Waals surface area contributed by atoms with E-state index in [0.717, 1.165) is 28.3 Å². The van der Waals surface area contributed by atoms with E-state index in [1.807, 2.05) is 50.4 Å². The molecule has 0 amide bonds. The molecule has 0 aliphatic carbocycles. The van der Waals surface area contributed by atoms with Gasteiger partial charge in [0, 0.05) is 26.9 Å². The van der Waals surface area contributed by atoms with Gasteiger partial charge in [-0.1, -0.05) is 29.8 Å². The summed E-state index contributed by atoms with van der Waals surface area (Å²) in [7, 11) is 0. The van der Waals surface area contributed by atoms with Crippen LogP contribution in [0.25, 0.3) is 0 Å². The number of anilines is 2. The number of nitriles is 1. The lowest BCUT2D eigenvalue weighted by atomic mass is 9.86. The van der Waals surface area contributed by atoms with Gasteiger partial charge in [0.15, 0.2) is 6.19 Å². The molecule has 0 radical (unpaired) electrons. The SMILES string of the molecule is CC1(C)Oc2cc3c(cc2[C@@H](N=C(NC#N)Nc2ccc(Cl)cc2)[C@@H]1O)SN(c1ccccc1)C3. The van der Waals surface area contributed by atoms with Crippen LogP contribution in [0, 0.1) is 11.5 Å². The zero-order chi connectivity index (χ0) is 24.6. The van der Waals surface area contributed by atoms with Crippen LogP contribution >= 0.6 is 23.5 Å². The van der Waals surface area contributed by atoms with Crippen LogP contribution in [0.4, 0.5) is 11.4 Å². The molecule has 3 aromatic carbocycles. The molecule has 0 fully saturated rings. The molecule has 3 aromatic rings. The Kier molecular flexibility index (Phi) is 6.24. The van der Waals surface area contributed by atoms with Crippen LogP contribution in [-0.2, 0) is 6.54 Å². The summed E-state index contributed by atoms with van der Waals surface area (Å²) in [6.07, 6.45) is 0.983. The number of benzene rings is 3. The van der Waals surface area contributed by atoms with Crippen molar-refractivity contribution in [1.29, 1.82) is 5.26 Å². The smallest absolute Gasteiger partial charge is 0.209 e. The van der Waals surface area contributed by atoms with E-state index in [-0.39, 0.29) is 5.96 Å². The average molecular weight is 506 g/mol. The number of aliphatic hydroxyl groups excluding tert-OH is 1. The molecule has 2 heterocycles. The van der Waals surface area contributed by atoms with Gasteiger partial charge < -0.3 is 19.5 Å². The number of para-hydroxylation sites is 1. The number of hydrogen-bond donors (Lipinski definition) is 3. The summed E-state index contributed by atoms with van der Waals surface area (Å²) in [5.41, 5.74) is 2.88. The van der Waals surface area contributed by atoms with E-state index in [1.54, 1.807) is 36.2 Å². The monoisotopic (exact) mass is 505 g/mol. The van der Waals surface area contributed by atoms with Crippen molar-refractivity contribution in [3.8, 4) is 11.9 Å². The van der Waals surface area contributed by atoms with E-state index in [4.69, 9.17) is 21.3 Å². The predicted octanol–water partition coefficient (Wildman–Crippen LogP) is 5.48. The Bertz CT molecular complexity index is 1310. The molecule has 7 nitrogen and oxygen atoms in total. The molecule has 5 rings (SSSR count). The first-order valence-corrected chi connectivity index (χ1v) is 12.3. The quantitative estimate of drug-likeness (QED) is 0.143. The number of nitrogens with one attached hydrogen (secondary N) is 2. The summed E-state index contributed by atoms with van der Waals surface area (Å²) in [4.78, 5) is 5.84. The highest BCUT2D eigenvalue weighted by molar-refractivity contribution is 8.01. The van der Waals surface area contributed by atoms with Crippen LogP contribution in [0.15, 0.2) is 76.6 Å². The molecule has 2 atom stereocenters. The van der Waals surface area contributed by atoms with Crippen molar-refractivity contribution in [3.05, 3.63) is 82.9 Å². The minimum atomic E-state index is -0.938. The number of guanidine groups is 1. The van der Waals surface area contributed by atoms with Crippen molar-refractivity contribution in [3.63, 3.8) is 0 Å². The van der Waals surface area contributed by atoms with Gasteiger partial charge >= 0.3 is 0 Å². The highest BCUT2D eigenvalue weighted by Gasteiger charge is 2.44. The molecule has 2 aliphatic heterocycles. The van der Waals surface area contributed by atoms with E-state index >= 15 is 0 Å². The van der Waals surface area contributed by atoms with Crippen molar-refractivity contribution < 1.29 is 9.84 Å². The maximum Gasteiger partial charge on any atom is 0.209 e. The number of hydrogen-bond acceptors (Lipinski definition) is 6. The number of halogens is 1. The second-order valence-corrected chi connectivity index (χ2v) is 10.4. The Hall–Kier alpha value is -3.38. The molecule has 3 N–H and O–H groups in total. The lowest BCUT2D eigenvalue weighted by Crippen LogP contribution is -2.49. The van der Waals surface area contributed by atoms with Gasteiger partial charge in [0.1, 0.15) is 23.5 Å². The Labute approximate surface area is 213 Å². The molecule has 0 bridgehead atoms. The fourth-order valence-corrected chi connectivity index (χ4v) is 5.40. The summed E-state index contributed by atoms with van der Waals surface area (Å²) < 4.78 is 8.46. The number of aliphatic hydroxyl groups is 1. The minimum absolute atomic E-state index is 0.224. The fourth-order valence-electron chi connectivity index (χ4n) is 4.18. The molecule has 0 spiro atoms. The number of rotatable bonds is 3. The van der Waals surface area contributed by atoms with Gasteiger partial charge in [-0.15, -0.1) is 0 Å². The van der Waals surface area contributed by atoms with Crippen molar-refractivity contribution in [2.75, 3.05) is 9.62 Å². The third-order valence-corrected chi connectivity index (χ3v) is 7.40. The second kappa shape index (κ2) is 9.34. The Balaban J connectivity index is 1.51. The van der Waals surface area contributed by atoms with E-state index < -0.39 is 17.7 Å². The Morgan fingerprint density at radius 2 is 1.94 bits per heavy atom. The van der Waals surface area contributed by atoms with Crippen LogP contribution in [0.2, 0.25) is 5.02 Å². The highest BCUT2D eigenvalue weighted by atomic mass is 35.5. The van der Waals surface area contributed by atoms with Crippen molar-refractivity contribution >= 4 is 40.9 Å². The molecule has 0 aromatic heterocycles. The van der Waals surface area contributed by atoms with Crippen LogP contribution < -0.4 is 19.7 Å². The first kappa shape index (κ1) is 23.4. The fraction of sp³-hybridized carbons (Fsp3) is 0.231. The first-order valence-electron chi connectivity index (χ1n) is 11.1. The molecule has 0 saturated carbocycles. The molecule has 35 heavy (non-hydrogen) atoms. The van der Waals surface area contributed by atoms with Gasteiger partial charge in [-0.05, 0) is 79.9 Å². The first-order chi connectivity index (χ1) is 16.8. The molecule has 9 heteroatoms. The summed E-state index contributed by atoms with van der Waals surface area (Å²) in [6, 6.07) is 20.7. The molecule has 0 unspecified atom stereocenters.